The van der Waals surface area contributed by atoms with E-state index < -0.39 is 0 Å². The fourth-order valence-electron chi connectivity index (χ4n) is 3.10. The van der Waals surface area contributed by atoms with Crippen LogP contribution in [0.2, 0.25) is 0 Å². The summed E-state index contributed by atoms with van der Waals surface area (Å²) in [5, 5.41) is 0. The van der Waals surface area contributed by atoms with Crippen molar-refractivity contribution >= 4 is 17.9 Å². The Hall–Kier alpha value is -2.41. The highest BCUT2D eigenvalue weighted by atomic mass is 16.1. The number of aryl methyl sites for hydroxylation is 2. The van der Waals surface area contributed by atoms with E-state index in [9.17, 15) is 4.79 Å². The second-order valence-electron chi connectivity index (χ2n) is 6.86. The molecular formula is C23H24O. The van der Waals surface area contributed by atoms with Gasteiger partial charge >= 0.3 is 0 Å². The van der Waals surface area contributed by atoms with Crippen molar-refractivity contribution in [1.82, 2.24) is 0 Å². The fraction of sp³-hybridized carbons (Fsp3) is 0.261. The number of carbonyl (C=O) groups excluding carboxylic acids is 1. The molecule has 0 bridgehead atoms. The van der Waals surface area contributed by atoms with Crippen LogP contribution in [0.25, 0.3) is 12.2 Å². The summed E-state index contributed by atoms with van der Waals surface area (Å²) in [6.07, 6.45) is 6.01. The molecule has 3 rings (SSSR count). The van der Waals surface area contributed by atoms with Gasteiger partial charge in [-0.05, 0) is 55.9 Å². The molecule has 0 N–H and O–H groups in total. The minimum Gasteiger partial charge on any atom is -0.289 e. The van der Waals surface area contributed by atoms with E-state index >= 15 is 0 Å². The third-order valence-electron chi connectivity index (χ3n) is 4.75. The molecule has 1 nitrogen and oxygen atoms in total. The maximum Gasteiger partial charge on any atom is 0.185 e. The number of rotatable bonds is 2. The van der Waals surface area contributed by atoms with Crippen LogP contribution in [0.15, 0.2) is 59.7 Å². The summed E-state index contributed by atoms with van der Waals surface area (Å²) in [6, 6.07) is 16.7. The van der Waals surface area contributed by atoms with Crippen molar-refractivity contribution in [3.8, 4) is 0 Å². The molecule has 1 saturated carbocycles. The van der Waals surface area contributed by atoms with Crippen LogP contribution in [0, 0.1) is 19.8 Å². The van der Waals surface area contributed by atoms with Gasteiger partial charge in [-0.15, -0.1) is 0 Å². The van der Waals surface area contributed by atoms with Crippen LogP contribution in [0.1, 0.15) is 42.0 Å². The lowest BCUT2D eigenvalue weighted by Crippen LogP contribution is -2.19. The van der Waals surface area contributed by atoms with E-state index in [0.29, 0.717) is 5.92 Å². The predicted molar refractivity (Wildman–Crippen MR) is 102 cm³/mol. The van der Waals surface area contributed by atoms with Crippen LogP contribution >= 0.6 is 0 Å². The molecule has 1 aliphatic carbocycles. The van der Waals surface area contributed by atoms with Crippen LogP contribution in [0.5, 0.6) is 0 Å². The maximum atomic E-state index is 12.9. The molecule has 0 aromatic heterocycles. The standard InChI is InChI=1S/C23H24O/c1-16-4-9-19(10-5-16)14-21-13-8-18(3)22(23(21)24)15-20-11-6-17(2)7-12-20/h4-7,9-12,14-15,18H,8,13H2,1-3H3/b21-14-,22-15+. The molecule has 1 fully saturated rings. The van der Waals surface area contributed by atoms with Crippen molar-refractivity contribution in [3.05, 3.63) is 81.9 Å². The number of hydrogen-bond donors (Lipinski definition) is 0. The van der Waals surface area contributed by atoms with Crippen molar-refractivity contribution in [2.75, 3.05) is 0 Å². The number of benzene rings is 2. The predicted octanol–water partition coefficient (Wildman–Crippen LogP) is 5.77. The minimum absolute atomic E-state index is 0.204. The molecule has 1 atom stereocenters. The first kappa shape index (κ1) is 16.4. The van der Waals surface area contributed by atoms with Gasteiger partial charge in [0.2, 0.25) is 0 Å². The smallest absolute Gasteiger partial charge is 0.185 e. The van der Waals surface area contributed by atoms with Gasteiger partial charge in [0, 0.05) is 11.1 Å². The van der Waals surface area contributed by atoms with E-state index in [0.717, 1.165) is 35.1 Å². The molecular weight excluding hydrogens is 292 g/mol. The molecule has 1 unspecified atom stereocenters. The van der Waals surface area contributed by atoms with Crippen molar-refractivity contribution in [1.29, 1.82) is 0 Å². The summed E-state index contributed by atoms with van der Waals surface area (Å²) in [5.74, 6) is 0.517. The number of Topliss-reactive ketones (excluding diaryl/α,β-unsaturated/α-hetero) is 1. The Morgan fingerprint density at radius 3 is 1.88 bits per heavy atom. The Kier molecular flexibility index (Phi) is 4.80. The topological polar surface area (TPSA) is 17.1 Å². The molecule has 0 aliphatic heterocycles. The molecule has 0 amide bonds. The quantitative estimate of drug-likeness (QED) is 0.643. The van der Waals surface area contributed by atoms with E-state index in [-0.39, 0.29) is 5.78 Å². The van der Waals surface area contributed by atoms with Crippen molar-refractivity contribution in [3.63, 3.8) is 0 Å². The average molecular weight is 316 g/mol. The van der Waals surface area contributed by atoms with E-state index in [4.69, 9.17) is 0 Å². The van der Waals surface area contributed by atoms with Crippen molar-refractivity contribution < 1.29 is 4.79 Å². The molecule has 0 saturated heterocycles. The van der Waals surface area contributed by atoms with Gasteiger partial charge in [0.15, 0.2) is 5.78 Å². The van der Waals surface area contributed by atoms with Gasteiger partial charge in [0.05, 0.1) is 0 Å². The summed E-state index contributed by atoms with van der Waals surface area (Å²) in [5.41, 5.74) is 6.54. The highest BCUT2D eigenvalue weighted by Crippen LogP contribution is 2.32. The zero-order chi connectivity index (χ0) is 17.1. The highest BCUT2D eigenvalue weighted by molar-refractivity contribution is 6.14. The number of carbonyl (C=O) groups is 1. The summed E-state index contributed by atoms with van der Waals surface area (Å²) in [7, 11) is 0. The Morgan fingerprint density at radius 1 is 0.833 bits per heavy atom. The molecule has 0 radical (unpaired) electrons. The van der Waals surface area contributed by atoms with Crippen LogP contribution in [-0.2, 0) is 4.79 Å². The zero-order valence-corrected chi connectivity index (χ0v) is 14.7. The number of ketones is 1. The number of allylic oxidation sites excluding steroid dienone is 2. The Labute approximate surface area is 144 Å². The lowest BCUT2D eigenvalue weighted by molar-refractivity contribution is -0.113. The number of hydrogen-bond acceptors (Lipinski definition) is 1. The second kappa shape index (κ2) is 7.00. The summed E-state index contributed by atoms with van der Waals surface area (Å²) in [4.78, 5) is 12.9. The monoisotopic (exact) mass is 316 g/mol. The van der Waals surface area contributed by atoms with Gasteiger partial charge in [-0.1, -0.05) is 66.6 Å². The lowest BCUT2D eigenvalue weighted by Gasteiger charge is -2.23. The van der Waals surface area contributed by atoms with Gasteiger partial charge < -0.3 is 0 Å². The van der Waals surface area contributed by atoms with Crippen LogP contribution in [0.3, 0.4) is 0 Å². The van der Waals surface area contributed by atoms with Gasteiger partial charge in [-0.25, -0.2) is 0 Å². The third-order valence-corrected chi connectivity index (χ3v) is 4.75. The fourth-order valence-corrected chi connectivity index (χ4v) is 3.10. The Bertz CT molecular complexity index is 789. The van der Waals surface area contributed by atoms with Crippen molar-refractivity contribution in [2.24, 2.45) is 5.92 Å². The van der Waals surface area contributed by atoms with E-state index in [2.05, 4.69) is 81.5 Å². The minimum atomic E-state index is 0.204. The summed E-state index contributed by atoms with van der Waals surface area (Å²) >= 11 is 0. The first-order valence-corrected chi connectivity index (χ1v) is 8.63. The van der Waals surface area contributed by atoms with Crippen LogP contribution < -0.4 is 0 Å². The largest absolute Gasteiger partial charge is 0.289 e. The maximum absolute atomic E-state index is 12.9. The van der Waals surface area contributed by atoms with Gasteiger partial charge in [0.25, 0.3) is 0 Å². The molecule has 122 valence electrons. The normalized spacial score (nSPS) is 21.5. The van der Waals surface area contributed by atoms with Crippen LogP contribution in [-0.4, -0.2) is 5.78 Å². The first-order chi connectivity index (χ1) is 11.5. The van der Waals surface area contributed by atoms with Crippen molar-refractivity contribution in [2.45, 2.75) is 33.6 Å². The van der Waals surface area contributed by atoms with E-state index in [1.54, 1.807) is 0 Å². The summed E-state index contributed by atoms with van der Waals surface area (Å²) in [6.45, 7) is 6.31. The molecule has 24 heavy (non-hydrogen) atoms. The first-order valence-electron chi connectivity index (χ1n) is 8.63. The lowest BCUT2D eigenvalue weighted by atomic mass is 9.80. The molecule has 1 aliphatic rings. The van der Waals surface area contributed by atoms with Crippen LogP contribution in [0.4, 0.5) is 0 Å². The third kappa shape index (κ3) is 3.73. The molecule has 2 aromatic rings. The van der Waals surface area contributed by atoms with Gasteiger partial charge in [-0.2, -0.15) is 0 Å². The van der Waals surface area contributed by atoms with Gasteiger partial charge in [0.1, 0.15) is 0 Å². The Morgan fingerprint density at radius 2 is 1.33 bits per heavy atom. The SMILES string of the molecule is Cc1ccc(/C=C2/CCC(C)/C(=C\c3ccc(C)cc3)C2=O)cc1. The zero-order valence-electron chi connectivity index (χ0n) is 14.7. The molecule has 0 spiro atoms. The van der Waals surface area contributed by atoms with E-state index in [1.165, 1.54) is 11.1 Å². The highest BCUT2D eigenvalue weighted by Gasteiger charge is 2.26. The molecule has 1 heteroatoms. The van der Waals surface area contributed by atoms with E-state index in [1.807, 2.05) is 0 Å². The molecule has 0 heterocycles. The average Bonchev–Trinajstić information content (AvgIpc) is 2.58. The summed E-state index contributed by atoms with van der Waals surface area (Å²) < 4.78 is 0. The Balaban J connectivity index is 1.91. The van der Waals surface area contributed by atoms with Gasteiger partial charge in [-0.3, -0.25) is 4.79 Å². The second-order valence-corrected chi connectivity index (χ2v) is 6.86. The molecule has 2 aromatic carbocycles.